The molecule has 2 aromatic carbocycles. The number of aromatic nitrogens is 2. The van der Waals surface area contributed by atoms with Crippen LogP contribution in [-0.4, -0.2) is 9.97 Å². The van der Waals surface area contributed by atoms with Gasteiger partial charge in [0.05, 0.1) is 5.52 Å². The van der Waals surface area contributed by atoms with Crippen molar-refractivity contribution in [2.75, 3.05) is 0 Å². The summed E-state index contributed by atoms with van der Waals surface area (Å²) in [7, 11) is 0. The van der Waals surface area contributed by atoms with Gasteiger partial charge in [0.2, 0.25) is 0 Å². The van der Waals surface area contributed by atoms with E-state index in [9.17, 15) is 0 Å². The molecule has 0 bridgehead atoms. The number of hydrogen-bond acceptors (Lipinski definition) is 2. The second kappa shape index (κ2) is 5.15. The van der Waals surface area contributed by atoms with E-state index in [4.69, 9.17) is 16.6 Å². The van der Waals surface area contributed by atoms with Crippen molar-refractivity contribution in [2.45, 2.75) is 13.8 Å². The molecule has 0 spiro atoms. The molecule has 3 aromatic rings. The van der Waals surface area contributed by atoms with Crippen molar-refractivity contribution >= 4 is 38.4 Å². The number of nitrogens with zero attached hydrogens (tertiary/aromatic N) is 2. The van der Waals surface area contributed by atoms with Crippen LogP contribution in [-0.2, 0) is 0 Å². The van der Waals surface area contributed by atoms with Gasteiger partial charge in [0, 0.05) is 15.4 Å². The van der Waals surface area contributed by atoms with E-state index in [0.717, 1.165) is 32.1 Å². The van der Waals surface area contributed by atoms with E-state index in [-0.39, 0.29) is 0 Å². The predicted molar refractivity (Wildman–Crippen MR) is 87.2 cm³/mol. The Balaban J connectivity index is 2.34. The number of benzene rings is 2. The third-order valence-electron chi connectivity index (χ3n) is 3.39. The van der Waals surface area contributed by atoms with Gasteiger partial charge in [-0.25, -0.2) is 9.97 Å². The summed E-state index contributed by atoms with van der Waals surface area (Å²) in [5.74, 6) is 0.668. The molecule has 20 heavy (non-hydrogen) atoms. The molecule has 1 aromatic heterocycles. The maximum atomic E-state index is 6.32. The molecule has 0 unspecified atom stereocenters. The van der Waals surface area contributed by atoms with E-state index in [2.05, 4.69) is 20.9 Å². The lowest BCUT2D eigenvalue weighted by Crippen LogP contribution is -1.95. The lowest BCUT2D eigenvalue weighted by atomic mass is 10.1. The minimum atomic E-state index is 0.490. The van der Waals surface area contributed by atoms with Crippen molar-refractivity contribution < 1.29 is 0 Å². The summed E-state index contributed by atoms with van der Waals surface area (Å²) in [6.07, 6.45) is 0. The molecule has 100 valence electrons. The minimum absolute atomic E-state index is 0.490. The molecule has 0 aliphatic heterocycles. The van der Waals surface area contributed by atoms with Crippen LogP contribution in [0.3, 0.4) is 0 Å². The summed E-state index contributed by atoms with van der Waals surface area (Å²) >= 11 is 9.85. The molecule has 3 rings (SSSR count). The first-order chi connectivity index (χ1) is 9.58. The highest BCUT2D eigenvalue weighted by Gasteiger charge is 2.12. The highest BCUT2D eigenvalue weighted by Crippen LogP contribution is 2.31. The lowest BCUT2D eigenvalue weighted by molar-refractivity contribution is 1.20. The Bertz CT molecular complexity index is 815. The van der Waals surface area contributed by atoms with Crippen molar-refractivity contribution in [1.29, 1.82) is 0 Å². The van der Waals surface area contributed by atoms with Crippen LogP contribution >= 0.6 is 27.5 Å². The Kier molecular flexibility index (Phi) is 3.48. The van der Waals surface area contributed by atoms with Crippen LogP contribution in [0.25, 0.3) is 22.3 Å². The van der Waals surface area contributed by atoms with Gasteiger partial charge in [-0.05, 0) is 37.1 Å². The van der Waals surface area contributed by atoms with Crippen LogP contribution in [0.2, 0.25) is 5.15 Å². The third-order valence-corrected chi connectivity index (χ3v) is 4.54. The SMILES string of the molecule is Cc1ccccc1-c1nc(Cl)c2ccc(Br)c(C)c2n1. The van der Waals surface area contributed by atoms with E-state index in [1.54, 1.807) is 0 Å². The summed E-state index contributed by atoms with van der Waals surface area (Å²) in [5.41, 5.74) is 4.10. The van der Waals surface area contributed by atoms with E-state index >= 15 is 0 Å². The summed E-state index contributed by atoms with van der Waals surface area (Å²) in [4.78, 5) is 9.14. The zero-order chi connectivity index (χ0) is 14.3. The maximum absolute atomic E-state index is 6.32. The van der Waals surface area contributed by atoms with Crippen molar-refractivity contribution in [1.82, 2.24) is 9.97 Å². The Hall–Kier alpha value is -1.45. The number of rotatable bonds is 1. The average molecular weight is 348 g/mol. The van der Waals surface area contributed by atoms with Gasteiger partial charge in [0.25, 0.3) is 0 Å². The van der Waals surface area contributed by atoms with Crippen molar-refractivity contribution in [2.24, 2.45) is 0 Å². The first-order valence-corrected chi connectivity index (χ1v) is 7.43. The smallest absolute Gasteiger partial charge is 0.161 e. The monoisotopic (exact) mass is 346 g/mol. The molecule has 0 radical (unpaired) electrons. The van der Waals surface area contributed by atoms with Crippen LogP contribution in [0.5, 0.6) is 0 Å². The van der Waals surface area contributed by atoms with Gasteiger partial charge >= 0.3 is 0 Å². The molecule has 0 saturated heterocycles. The molecule has 0 N–H and O–H groups in total. The van der Waals surface area contributed by atoms with Crippen LogP contribution in [0.4, 0.5) is 0 Å². The maximum Gasteiger partial charge on any atom is 0.161 e. The summed E-state index contributed by atoms with van der Waals surface area (Å²) in [5, 5.41) is 1.37. The largest absolute Gasteiger partial charge is 0.228 e. The first kappa shape index (κ1) is 13.5. The number of aryl methyl sites for hydroxylation is 2. The molecule has 4 heteroatoms. The summed E-state index contributed by atoms with van der Waals surface area (Å²) in [6, 6.07) is 12.0. The molecule has 0 aliphatic rings. The van der Waals surface area contributed by atoms with Gasteiger partial charge in [-0.2, -0.15) is 0 Å². The second-order valence-corrected chi connectivity index (χ2v) is 5.93. The fraction of sp³-hybridized carbons (Fsp3) is 0.125. The second-order valence-electron chi connectivity index (χ2n) is 4.72. The van der Waals surface area contributed by atoms with Gasteiger partial charge in [-0.15, -0.1) is 0 Å². The Morgan fingerprint density at radius 1 is 1.00 bits per heavy atom. The molecule has 0 amide bonds. The van der Waals surface area contributed by atoms with Crippen LogP contribution < -0.4 is 0 Å². The number of hydrogen-bond donors (Lipinski definition) is 0. The van der Waals surface area contributed by atoms with Crippen molar-refractivity contribution in [3.05, 3.63) is 57.2 Å². The van der Waals surface area contributed by atoms with Crippen LogP contribution in [0.15, 0.2) is 40.9 Å². The molecule has 0 atom stereocenters. The third kappa shape index (κ3) is 2.21. The van der Waals surface area contributed by atoms with E-state index in [1.165, 1.54) is 0 Å². The molecular formula is C16H12BrClN2. The zero-order valence-corrected chi connectivity index (χ0v) is 13.5. The zero-order valence-electron chi connectivity index (χ0n) is 11.1. The standard InChI is InChI=1S/C16H12BrClN2/c1-9-5-3-4-6-11(9)16-19-14-10(2)13(17)8-7-12(14)15(18)20-16/h3-8H,1-2H3. The fourth-order valence-corrected chi connectivity index (χ4v) is 2.77. The predicted octanol–water partition coefficient (Wildman–Crippen LogP) is 5.33. The quantitative estimate of drug-likeness (QED) is 0.556. The average Bonchev–Trinajstić information content (AvgIpc) is 2.43. The van der Waals surface area contributed by atoms with Gasteiger partial charge in [0.15, 0.2) is 5.82 Å². The molecule has 0 fully saturated rings. The molecule has 0 saturated carbocycles. The van der Waals surface area contributed by atoms with Gasteiger partial charge < -0.3 is 0 Å². The highest BCUT2D eigenvalue weighted by atomic mass is 79.9. The molecule has 0 aliphatic carbocycles. The van der Waals surface area contributed by atoms with Crippen molar-refractivity contribution in [3.63, 3.8) is 0 Å². The van der Waals surface area contributed by atoms with Gasteiger partial charge in [-0.1, -0.05) is 51.8 Å². The Morgan fingerprint density at radius 3 is 2.50 bits per heavy atom. The van der Waals surface area contributed by atoms with E-state index < -0.39 is 0 Å². The molecule has 2 nitrogen and oxygen atoms in total. The van der Waals surface area contributed by atoms with Crippen molar-refractivity contribution in [3.8, 4) is 11.4 Å². The number of halogens is 2. The minimum Gasteiger partial charge on any atom is -0.228 e. The Labute approximate surface area is 131 Å². The highest BCUT2D eigenvalue weighted by molar-refractivity contribution is 9.10. The summed E-state index contributed by atoms with van der Waals surface area (Å²) < 4.78 is 1.02. The molecule has 1 heterocycles. The van der Waals surface area contributed by atoms with Crippen LogP contribution in [0.1, 0.15) is 11.1 Å². The van der Waals surface area contributed by atoms with E-state index in [0.29, 0.717) is 11.0 Å². The van der Waals surface area contributed by atoms with E-state index in [1.807, 2.05) is 50.2 Å². The fourth-order valence-electron chi connectivity index (χ4n) is 2.21. The topological polar surface area (TPSA) is 25.8 Å². The first-order valence-electron chi connectivity index (χ1n) is 6.26. The summed E-state index contributed by atoms with van der Waals surface area (Å²) in [6.45, 7) is 4.07. The lowest BCUT2D eigenvalue weighted by Gasteiger charge is -2.09. The Morgan fingerprint density at radius 2 is 1.75 bits per heavy atom. The molecular weight excluding hydrogens is 336 g/mol. The number of fused-ring (bicyclic) bond motifs is 1. The van der Waals surface area contributed by atoms with Gasteiger partial charge in [-0.3, -0.25) is 0 Å². The van der Waals surface area contributed by atoms with Crippen LogP contribution in [0, 0.1) is 13.8 Å². The van der Waals surface area contributed by atoms with Gasteiger partial charge in [0.1, 0.15) is 5.15 Å². The normalized spacial score (nSPS) is 11.0.